The fourth-order valence-electron chi connectivity index (χ4n) is 1.95. The van der Waals surface area contributed by atoms with Crippen molar-refractivity contribution in [3.8, 4) is 0 Å². The van der Waals surface area contributed by atoms with Crippen LogP contribution in [0.25, 0.3) is 0 Å². The quantitative estimate of drug-likeness (QED) is 0.897. The molecule has 1 aromatic rings. The van der Waals surface area contributed by atoms with Crippen LogP contribution in [0.3, 0.4) is 0 Å². The topological polar surface area (TPSA) is 41.6 Å². The van der Waals surface area contributed by atoms with Crippen LogP contribution in [0.15, 0.2) is 24.3 Å². The zero-order chi connectivity index (χ0) is 13.0. The van der Waals surface area contributed by atoms with Gasteiger partial charge in [0.25, 0.3) is 0 Å². The smallest absolute Gasteiger partial charge is 0.321 e. The van der Waals surface area contributed by atoms with Gasteiger partial charge in [-0.25, -0.2) is 9.18 Å². The summed E-state index contributed by atoms with van der Waals surface area (Å²) >= 11 is 0. The molecule has 0 spiro atoms. The van der Waals surface area contributed by atoms with Gasteiger partial charge in [0, 0.05) is 31.8 Å². The molecule has 1 atom stereocenters. The summed E-state index contributed by atoms with van der Waals surface area (Å²) in [6, 6.07) is 5.54. The highest BCUT2D eigenvalue weighted by Crippen LogP contribution is 2.14. The molecule has 1 unspecified atom stereocenters. The maximum Gasteiger partial charge on any atom is 0.321 e. The average Bonchev–Trinajstić information content (AvgIpc) is 2.85. The summed E-state index contributed by atoms with van der Waals surface area (Å²) in [6.45, 7) is 2.17. The zero-order valence-corrected chi connectivity index (χ0v) is 10.4. The lowest BCUT2D eigenvalue weighted by Gasteiger charge is -2.20. The van der Waals surface area contributed by atoms with Crippen LogP contribution in [-0.4, -0.2) is 37.7 Å². The molecule has 0 aliphatic carbocycles. The normalized spacial score (nSPS) is 18.7. The van der Waals surface area contributed by atoms with Crippen molar-refractivity contribution in [1.29, 1.82) is 0 Å². The second-order valence-corrected chi connectivity index (χ2v) is 4.55. The van der Waals surface area contributed by atoms with Crippen molar-refractivity contribution in [1.82, 2.24) is 4.90 Å². The first-order chi connectivity index (χ1) is 8.65. The van der Waals surface area contributed by atoms with Crippen molar-refractivity contribution >= 4 is 11.7 Å². The highest BCUT2D eigenvalue weighted by molar-refractivity contribution is 5.89. The lowest BCUT2D eigenvalue weighted by molar-refractivity contribution is 0.175. The molecule has 2 amide bonds. The Bertz CT molecular complexity index is 402. The van der Waals surface area contributed by atoms with Gasteiger partial charge in [-0.3, -0.25) is 0 Å². The van der Waals surface area contributed by atoms with Crippen LogP contribution in [0.4, 0.5) is 14.9 Å². The van der Waals surface area contributed by atoms with Gasteiger partial charge in [-0.15, -0.1) is 0 Å². The van der Waals surface area contributed by atoms with E-state index in [4.69, 9.17) is 4.74 Å². The van der Waals surface area contributed by atoms with Gasteiger partial charge in [-0.1, -0.05) is 0 Å². The van der Waals surface area contributed by atoms with E-state index in [1.165, 1.54) is 12.1 Å². The Balaban J connectivity index is 1.84. The van der Waals surface area contributed by atoms with Crippen molar-refractivity contribution in [3.63, 3.8) is 0 Å². The third-order valence-corrected chi connectivity index (χ3v) is 3.00. The molecule has 1 saturated heterocycles. The summed E-state index contributed by atoms with van der Waals surface area (Å²) in [7, 11) is 1.75. The Hall–Kier alpha value is -1.62. The second-order valence-electron chi connectivity index (χ2n) is 4.55. The monoisotopic (exact) mass is 252 g/mol. The number of urea groups is 1. The number of hydrogen-bond donors (Lipinski definition) is 1. The molecule has 18 heavy (non-hydrogen) atoms. The lowest BCUT2D eigenvalue weighted by atomic mass is 10.1. The number of benzene rings is 1. The number of amides is 2. The molecule has 1 N–H and O–H groups in total. The fraction of sp³-hybridized carbons (Fsp3) is 0.462. The molecule has 1 fully saturated rings. The number of carbonyl (C=O) groups excluding carboxylic acids is 1. The van der Waals surface area contributed by atoms with E-state index in [9.17, 15) is 9.18 Å². The first-order valence-corrected chi connectivity index (χ1v) is 6.00. The molecule has 4 nitrogen and oxygen atoms in total. The van der Waals surface area contributed by atoms with E-state index in [0.29, 0.717) is 24.8 Å². The summed E-state index contributed by atoms with van der Waals surface area (Å²) in [5.41, 5.74) is 0.593. The standard InChI is InChI=1S/C13H17FN2O2/c1-16(8-10-6-7-18-9-10)13(17)15-12-4-2-11(14)3-5-12/h2-5,10H,6-9H2,1H3,(H,15,17). The van der Waals surface area contributed by atoms with Gasteiger partial charge in [0.15, 0.2) is 0 Å². The van der Waals surface area contributed by atoms with Gasteiger partial charge in [-0.05, 0) is 30.7 Å². The van der Waals surface area contributed by atoms with Crippen molar-refractivity contribution in [2.45, 2.75) is 6.42 Å². The lowest BCUT2D eigenvalue weighted by Crippen LogP contribution is -2.35. The third kappa shape index (κ3) is 3.43. The summed E-state index contributed by atoms with van der Waals surface area (Å²) in [4.78, 5) is 13.5. The second kappa shape index (κ2) is 5.82. The Morgan fingerprint density at radius 3 is 2.83 bits per heavy atom. The van der Waals surface area contributed by atoms with Gasteiger partial charge in [-0.2, -0.15) is 0 Å². The van der Waals surface area contributed by atoms with E-state index in [1.807, 2.05) is 0 Å². The summed E-state index contributed by atoms with van der Waals surface area (Å²) in [5, 5.41) is 2.72. The van der Waals surface area contributed by atoms with Gasteiger partial charge >= 0.3 is 6.03 Å². The molecular weight excluding hydrogens is 235 g/mol. The predicted molar refractivity (Wildman–Crippen MR) is 67.0 cm³/mol. The molecule has 0 saturated carbocycles. The summed E-state index contributed by atoms with van der Waals surface area (Å²) in [6.07, 6.45) is 0.994. The van der Waals surface area contributed by atoms with Gasteiger partial charge in [0.05, 0.1) is 6.61 Å². The minimum absolute atomic E-state index is 0.187. The van der Waals surface area contributed by atoms with Crippen LogP contribution in [0.2, 0.25) is 0 Å². The maximum absolute atomic E-state index is 12.7. The number of rotatable bonds is 3. The molecule has 0 aromatic heterocycles. The highest BCUT2D eigenvalue weighted by Gasteiger charge is 2.19. The van der Waals surface area contributed by atoms with Crippen LogP contribution in [0, 0.1) is 11.7 Å². The Morgan fingerprint density at radius 2 is 2.22 bits per heavy atom. The van der Waals surface area contributed by atoms with Crippen molar-refractivity contribution < 1.29 is 13.9 Å². The molecular formula is C13H17FN2O2. The molecule has 1 heterocycles. The van der Waals surface area contributed by atoms with Crippen LogP contribution in [0.5, 0.6) is 0 Å². The van der Waals surface area contributed by atoms with E-state index in [0.717, 1.165) is 13.0 Å². The number of carbonyl (C=O) groups is 1. The van der Waals surface area contributed by atoms with E-state index in [1.54, 1.807) is 24.1 Å². The summed E-state index contributed by atoms with van der Waals surface area (Å²) < 4.78 is 18.0. The summed E-state index contributed by atoms with van der Waals surface area (Å²) in [5.74, 6) is 0.0958. The molecule has 1 aliphatic heterocycles. The molecule has 0 radical (unpaired) electrons. The molecule has 1 aromatic carbocycles. The first kappa shape index (κ1) is 12.8. The van der Waals surface area contributed by atoms with Crippen LogP contribution in [0.1, 0.15) is 6.42 Å². The maximum atomic E-state index is 12.7. The van der Waals surface area contributed by atoms with Crippen molar-refractivity contribution in [3.05, 3.63) is 30.1 Å². The van der Waals surface area contributed by atoms with Crippen molar-refractivity contribution in [2.24, 2.45) is 5.92 Å². The van der Waals surface area contributed by atoms with Crippen LogP contribution < -0.4 is 5.32 Å². The van der Waals surface area contributed by atoms with E-state index in [2.05, 4.69) is 5.32 Å². The number of nitrogens with one attached hydrogen (secondary N) is 1. The predicted octanol–water partition coefficient (Wildman–Crippen LogP) is 2.33. The van der Waals surface area contributed by atoms with E-state index < -0.39 is 0 Å². The number of halogens is 1. The SMILES string of the molecule is CN(CC1CCOC1)C(=O)Nc1ccc(F)cc1. The van der Waals surface area contributed by atoms with Gasteiger partial charge in [0.1, 0.15) is 5.82 Å². The fourth-order valence-corrected chi connectivity index (χ4v) is 1.95. The molecule has 1 aliphatic rings. The number of nitrogens with zero attached hydrogens (tertiary/aromatic N) is 1. The van der Waals surface area contributed by atoms with Gasteiger partial charge in [0.2, 0.25) is 0 Å². The Labute approximate surface area is 106 Å². The van der Waals surface area contributed by atoms with E-state index in [-0.39, 0.29) is 11.8 Å². The number of hydrogen-bond acceptors (Lipinski definition) is 2. The molecule has 2 rings (SSSR count). The average molecular weight is 252 g/mol. The largest absolute Gasteiger partial charge is 0.381 e. The molecule has 98 valence electrons. The minimum Gasteiger partial charge on any atom is -0.381 e. The highest BCUT2D eigenvalue weighted by atomic mass is 19.1. The third-order valence-electron chi connectivity index (χ3n) is 3.00. The molecule has 5 heteroatoms. The van der Waals surface area contributed by atoms with Crippen LogP contribution >= 0.6 is 0 Å². The van der Waals surface area contributed by atoms with Gasteiger partial charge < -0.3 is 15.0 Å². The van der Waals surface area contributed by atoms with E-state index >= 15 is 0 Å². The number of anilines is 1. The van der Waals surface area contributed by atoms with Crippen molar-refractivity contribution in [2.75, 3.05) is 32.1 Å². The number of ether oxygens (including phenoxy) is 1. The Kier molecular flexibility index (Phi) is 4.15. The minimum atomic E-state index is -0.315. The van der Waals surface area contributed by atoms with Crippen LogP contribution in [-0.2, 0) is 4.74 Å². The first-order valence-electron chi connectivity index (χ1n) is 6.00. The Morgan fingerprint density at radius 1 is 1.50 bits per heavy atom. The zero-order valence-electron chi connectivity index (χ0n) is 10.4. The molecule has 0 bridgehead atoms.